The van der Waals surface area contributed by atoms with Crippen LogP contribution in [0, 0.1) is 0 Å². The fourth-order valence-corrected chi connectivity index (χ4v) is 2.20. The van der Waals surface area contributed by atoms with Gasteiger partial charge in [0, 0.05) is 36.2 Å². The summed E-state index contributed by atoms with van der Waals surface area (Å²) in [5, 5.41) is 3.58. The largest absolute Gasteiger partial charge is 0.382 e. The van der Waals surface area contributed by atoms with Gasteiger partial charge in [0.25, 0.3) is 0 Å². The molecule has 0 radical (unpaired) electrons. The molecule has 0 spiro atoms. The number of anilines is 1. The van der Waals surface area contributed by atoms with E-state index in [1.165, 1.54) is 37.8 Å². The first kappa shape index (κ1) is 10.4. The summed E-state index contributed by atoms with van der Waals surface area (Å²) >= 11 is 0. The van der Waals surface area contributed by atoms with E-state index in [2.05, 4.69) is 10.3 Å². The number of pyridine rings is 1. The minimum absolute atomic E-state index is 0.558. The van der Waals surface area contributed by atoms with Gasteiger partial charge in [0.1, 0.15) is 0 Å². The van der Waals surface area contributed by atoms with Gasteiger partial charge in [0.05, 0.1) is 0 Å². The van der Waals surface area contributed by atoms with Gasteiger partial charge in [-0.3, -0.25) is 4.98 Å². The molecule has 82 valence electrons. The van der Waals surface area contributed by atoms with Gasteiger partial charge in [-0.1, -0.05) is 19.3 Å². The predicted octanol–water partition coefficient (Wildman–Crippen LogP) is 2.28. The van der Waals surface area contributed by atoms with E-state index < -0.39 is 0 Å². The first-order valence-electron chi connectivity index (χ1n) is 5.79. The molecule has 3 nitrogen and oxygen atoms in total. The number of aromatic nitrogens is 1. The Morgan fingerprint density at radius 3 is 2.87 bits per heavy atom. The van der Waals surface area contributed by atoms with Gasteiger partial charge >= 0.3 is 0 Å². The summed E-state index contributed by atoms with van der Waals surface area (Å²) in [5.41, 5.74) is 7.96. The van der Waals surface area contributed by atoms with E-state index in [1.807, 2.05) is 18.5 Å². The Kier molecular flexibility index (Phi) is 3.56. The van der Waals surface area contributed by atoms with Crippen LogP contribution in [0.1, 0.15) is 37.7 Å². The number of rotatable bonds is 3. The summed E-state index contributed by atoms with van der Waals surface area (Å²) in [7, 11) is 0. The van der Waals surface area contributed by atoms with Gasteiger partial charge < -0.3 is 11.1 Å². The Labute approximate surface area is 91.1 Å². The minimum Gasteiger partial charge on any atom is -0.382 e. The summed E-state index contributed by atoms with van der Waals surface area (Å²) in [4.78, 5) is 4.09. The molecule has 0 amide bonds. The van der Waals surface area contributed by atoms with Crippen LogP contribution >= 0.6 is 0 Å². The van der Waals surface area contributed by atoms with Gasteiger partial charge in [-0.25, -0.2) is 0 Å². The molecule has 2 rings (SSSR count). The highest BCUT2D eigenvalue weighted by molar-refractivity contribution is 5.50. The van der Waals surface area contributed by atoms with E-state index in [0.717, 1.165) is 5.56 Å². The second-order valence-electron chi connectivity index (χ2n) is 4.22. The molecule has 0 aromatic carbocycles. The third-order valence-electron chi connectivity index (χ3n) is 3.09. The lowest BCUT2D eigenvalue weighted by atomic mass is 9.95. The quantitative estimate of drug-likeness (QED) is 0.796. The fourth-order valence-electron chi connectivity index (χ4n) is 2.20. The Balaban J connectivity index is 2.02. The molecule has 0 atom stereocenters. The lowest BCUT2D eigenvalue weighted by Crippen LogP contribution is -2.23. The second-order valence-corrected chi connectivity index (χ2v) is 4.22. The van der Waals surface area contributed by atoms with Crippen molar-refractivity contribution in [2.24, 2.45) is 5.73 Å². The maximum Gasteiger partial charge on any atom is 0.0418 e. The van der Waals surface area contributed by atoms with Gasteiger partial charge in [-0.2, -0.15) is 0 Å². The SMILES string of the molecule is NCc1cnccc1NC1CCCCC1. The van der Waals surface area contributed by atoms with Crippen molar-refractivity contribution < 1.29 is 0 Å². The van der Waals surface area contributed by atoms with Crippen molar-refractivity contribution in [2.75, 3.05) is 5.32 Å². The van der Waals surface area contributed by atoms with Gasteiger partial charge in [0.15, 0.2) is 0 Å². The molecule has 1 aliphatic carbocycles. The van der Waals surface area contributed by atoms with Crippen molar-refractivity contribution in [2.45, 2.75) is 44.7 Å². The molecule has 1 heterocycles. The standard InChI is InChI=1S/C12H19N3/c13-8-10-9-14-7-6-12(10)15-11-4-2-1-3-5-11/h6-7,9,11H,1-5,8,13H2,(H,14,15). The molecule has 3 N–H and O–H groups in total. The highest BCUT2D eigenvalue weighted by Gasteiger charge is 2.13. The van der Waals surface area contributed by atoms with Gasteiger partial charge in [-0.05, 0) is 18.9 Å². The maximum atomic E-state index is 5.68. The Bertz CT molecular complexity index is 305. The van der Waals surface area contributed by atoms with E-state index in [1.54, 1.807) is 0 Å². The Hall–Kier alpha value is -1.09. The number of nitrogens with two attached hydrogens (primary N) is 1. The molecule has 1 aromatic rings. The zero-order valence-electron chi connectivity index (χ0n) is 9.08. The topological polar surface area (TPSA) is 50.9 Å². The highest BCUT2D eigenvalue weighted by atomic mass is 14.9. The van der Waals surface area contributed by atoms with Crippen LogP contribution in [0.2, 0.25) is 0 Å². The molecule has 0 bridgehead atoms. The first-order valence-corrected chi connectivity index (χ1v) is 5.79. The zero-order valence-corrected chi connectivity index (χ0v) is 9.08. The maximum absolute atomic E-state index is 5.68. The molecule has 1 saturated carbocycles. The van der Waals surface area contributed by atoms with E-state index in [0.29, 0.717) is 12.6 Å². The van der Waals surface area contributed by atoms with Crippen molar-refractivity contribution in [3.05, 3.63) is 24.0 Å². The van der Waals surface area contributed by atoms with Crippen LogP contribution in [0.5, 0.6) is 0 Å². The molecular formula is C12H19N3. The lowest BCUT2D eigenvalue weighted by molar-refractivity contribution is 0.462. The van der Waals surface area contributed by atoms with E-state index in [-0.39, 0.29) is 0 Å². The lowest BCUT2D eigenvalue weighted by Gasteiger charge is -2.24. The van der Waals surface area contributed by atoms with Crippen LogP contribution in [0.25, 0.3) is 0 Å². The van der Waals surface area contributed by atoms with E-state index in [4.69, 9.17) is 5.73 Å². The number of hydrogen-bond donors (Lipinski definition) is 2. The number of hydrogen-bond acceptors (Lipinski definition) is 3. The summed E-state index contributed by atoms with van der Waals surface area (Å²) in [6.07, 6.45) is 10.3. The zero-order chi connectivity index (χ0) is 10.5. The molecule has 1 aromatic heterocycles. The highest BCUT2D eigenvalue weighted by Crippen LogP contribution is 2.22. The smallest absolute Gasteiger partial charge is 0.0418 e. The predicted molar refractivity (Wildman–Crippen MR) is 62.6 cm³/mol. The monoisotopic (exact) mass is 205 g/mol. The van der Waals surface area contributed by atoms with Crippen LogP contribution in [-0.2, 0) is 6.54 Å². The Morgan fingerprint density at radius 2 is 2.13 bits per heavy atom. The van der Waals surface area contributed by atoms with Crippen molar-refractivity contribution in [1.29, 1.82) is 0 Å². The van der Waals surface area contributed by atoms with Crippen LogP contribution in [0.3, 0.4) is 0 Å². The molecule has 0 unspecified atom stereocenters. The third-order valence-corrected chi connectivity index (χ3v) is 3.09. The first-order chi connectivity index (χ1) is 7.40. The summed E-state index contributed by atoms with van der Waals surface area (Å²) < 4.78 is 0. The average molecular weight is 205 g/mol. The fraction of sp³-hybridized carbons (Fsp3) is 0.583. The van der Waals surface area contributed by atoms with Crippen molar-refractivity contribution in [1.82, 2.24) is 4.98 Å². The van der Waals surface area contributed by atoms with Gasteiger partial charge in [0.2, 0.25) is 0 Å². The second kappa shape index (κ2) is 5.12. The summed E-state index contributed by atoms with van der Waals surface area (Å²) in [6.45, 7) is 0.558. The minimum atomic E-state index is 0.558. The molecule has 3 heteroatoms. The molecular weight excluding hydrogens is 186 g/mol. The molecule has 1 fully saturated rings. The van der Waals surface area contributed by atoms with Gasteiger partial charge in [-0.15, -0.1) is 0 Å². The van der Waals surface area contributed by atoms with Crippen molar-refractivity contribution in [3.8, 4) is 0 Å². The normalized spacial score (nSPS) is 17.7. The van der Waals surface area contributed by atoms with Crippen LogP contribution in [0.15, 0.2) is 18.5 Å². The molecule has 1 aliphatic rings. The number of nitrogens with zero attached hydrogens (tertiary/aromatic N) is 1. The van der Waals surface area contributed by atoms with Crippen molar-refractivity contribution in [3.63, 3.8) is 0 Å². The molecule has 0 aliphatic heterocycles. The third kappa shape index (κ3) is 2.69. The van der Waals surface area contributed by atoms with Crippen molar-refractivity contribution >= 4 is 5.69 Å². The van der Waals surface area contributed by atoms with Crippen LogP contribution in [-0.4, -0.2) is 11.0 Å². The summed E-state index contributed by atoms with van der Waals surface area (Å²) in [5.74, 6) is 0. The van der Waals surface area contributed by atoms with E-state index in [9.17, 15) is 0 Å². The van der Waals surface area contributed by atoms with Crippen LogP contribution in [0.4, 0.5) is 5.69 Å². The summed E-state index contributed by atoms with van der Waals surface area (Å²) in [6, 6.07) is 2.66. The average Bonchev–Trinajstić information content (AvgIpc) is 2.31. The van der Waals surface area contributed by atoms with E-state index >= 15 is 0 Å². The van der Waals surface area contributed by atoms with Crippen LogP contribution < -0.4 is 11.1 Å². The molecule has 15 heavy (non-hydrogen) atoms. The number of nitrogens with one attached hydrogen (secondary N) is 1. The Morgan fingerprint density at radius 1 is 1.33 bits per heavy atom. The molecule has 0 saturated heterocycles.